The van der Waals surface area contributed by atoms with Crippen LogP contribution in [0.3, 0.4) is 0 Å². The van der Waals surface area contributed by atoms with Crippen LogP contribution < -0.4 is 15.2 Å². The second-order valence-corrected chi connectivity index (χ2v) is 12.2. The molecule has 3 N–H and O–H groups in total. The Morgan fingerprint density at radius 1 is 0.854 bits per heavy atom. The molecule has 0 spiro atoms. The van der Waals surface area contributed by atoms with Crippen molar-refractivity contribution < 1.29 is 43.2 Å². The molecule has 0 heterocycles. The fourth-order valence-corrected chi connectivity index (χ4v) is 3.71. The van der Waals surface area contributed by atoms with Crippen LogP contribution in [-0.2, 0) is 23.9 Å². The smallest absolute Gasteiger partial charge is 0.480 e. The SMILES string of the molecule is CCC(C)(C)OC(=O)OC(C)C(C)C(c1ccc(OC(=O)C(C)C(C)C)c(OC(=O)C(C)C(C)C)c1)[C@H](N)C(=O)O. The summed E-state index contributed by atoms with van der Waals surface area (Å²) >= 11 is 0. The van der Waals surface area contributed by atoms with E-state index < -0.39 is 65.5 Å². The van der Waals surface area contributed by atoms with Crippen LogP contribution in [0.5, 0.6) is 11.5 Å². The molecule has 0 aliphatic carbocycles. The zero-order chi connectivity index (χ0) is 31.8. The first-order valence-electron chi connectivity index (χ1n) is 14.3. The molecule has 0 aromatic heterocycles. The minimum Gasteiger partial charge on any atom is -0.480 e. The number of carbonyl (C=O) groups excluding carboxylic acids is 3. The predicted octanol–water partition coefficient (Wildman–Crippen LogP) is 5.94. The summed E-state index contributed by atoms with van der Waals surface area (Å²) in [6, 6.07) is 3.09. The Morgan fingerprint density at radius 2 is 1.34 bits per heavy atom. The van der Waals surface area contributed by atoms with Crippen molar-refractivity contribution >= 4 is 24.1 Å². The average molecular weight is 580 g/mol. The fraction of sp³-hybridized carbons (Fsp3) is 0.677. The van der Waals surface area contributed by atoms with E-state index >= 15 is 0 Å². The predicted molar refractivity (Wildman–Crippen MR) is 155 cm³/mol. The highest BCUT2D eigenvalue weighted by Crippen LogP contribution is 2.38. The number of rotatable bonds is 14. The van der Waals surface area contributed by atoms with E-state index in [1.54, 1.807) is 47.6 Å². The Labute approximate surface area is 244 Å². The number of nitrogens with two attached hydrogens (primary N) is 1. The van der Waals surface area contributed by atoms with Crippen molar-refractivity contribution in [1.29, 1.82) is 0 Å². The third-order valence-corrected chi connectivity index (χ3v) is 7.99. The molecule has 10 heteroatoms. The average Bonchev–Trinajstić information content (AvgIpc) is 2.88. The largest absolute Gasteiger partial charge is 0.509 e. The Hall–Kier alpha value is -3.14. The molecular formula is C31H49NO9. The molecule has 1 aromatic carbocycles. The van der Waals surface area contributed by atoms with E-state index in [0.29, 0.717) is 12.0 Å². The van der Waals surface area contributed by atoms with Crippen molar-refractivity contribution in [3.05, 3.63) is 23.8 Å². The molecule has 0 radical (unpaired) electrons. The number of hydrogen-bond donors (Lipinski definition) is 2. The van der Waals surface area contributed by atoms with Crippen LogP contribution in [0.15, 0.2) is 18.2 Å². The van der Waals surface area contributed by atoms with E-state index in [1.165, 1.54) is 12.1 Å². The van der Waals surface area contributed by atoms with Crippen LogP contribution in [0, 0.1) is 29.6 Å². The van der Waals surface area contributed by atoms with Crippen LogP contribution in [0.2, 0.25) is 0 Å². The summed E-state index contributed by atoms with van der Waals surface area (Å²) in [4.78, 5) is 50.2. The van der Waals surface area contributed by atoms with Crippen LogP contribution in [0.25, 0.3) is 0 Å². The standard InChI is InChI=1S/C31H49NO9/c1-12-31(10,11)41-30(37)38-21(9)20(8)25(26(32)27(33)34)22-13-14-23(39-28(35)18(6)16(2)3)24(15-22)40-29(36)19(7)17(4)5/h13-21,25-26H,12,32H2,1-11H3,(H,33,34)/t18?,19?,20?,21?,25?,26-/m0/s1. The summed E-state index contributed by atoms with van der Waals surface area (Å²) in [5.74, 6) is -4.66. The van der Waals surface area contributed by atoms with Crippen molar-refractivity contribution in [2.45, 2.75) is 106 Å². The quantitative estimate of drug-likeness (QED) is 0.200. The normalized spacial score (nSPS) is 16.2. The molecule has 0 aliphatic rings. The highest BCUT2D eigenvalue weighted by Gasteiger charge is 2.37. The van der Waals surface area contributed by atoms with Gasteiger partial charge >= 0.3 is 24.1 Å². The summed E-state index contributed by atoms with van der Waals surface area (Å²) in [5.41, 5.74) is 5.82. The van der Waals surface area contributed by atoms with Gasteiger partial charge in [-0.15, -0.1) is 0 Å². The number of carboxylic acids is 1. The van der Waals surface area contributed by atoms with Gasteiger partial charge in [0.25, 0.3) is 0 Å². The third kappa shape index (κ3) is 10.3. The first-order chi connectivity index (χ1) is 18.8. The first-order valence-corrected chi connectivity index (χ1v) is 14.3. The van der Waals surface area contributed by atoms with Gasteiger partial charge in [0, 0.05) is 11.8 Å². The number of esters is 2. The molecule has 232 valence electrons. The highest BCUT2D eigenvalue weighted by atomic mass is 16.7. The number of aliphatic carboxylic acids is 1. The summed E-state index contributed by atoms with van der Waals surface area (Å²) in [7, 11) is 0. The lowest BCUT2D eigenvalue weighted by molar-refractivity contribution is -0.142. The molecule has 6 atom stereocenters. The summed E-state index contributed by atoms with van der Waals surface area (Å²) < 4.78 is 22.2. The lowest BCUT2D eigenvalue weighted by atomic mass is 9.79. The molecule has 0 bridgehead atoms. The zero-order valence-electron chi connectivity index (χ0n) is 26.3. The van der Waals surface area contributed by atoms with Crippen molar-refractivity contribution in [3.63, 3.8) is 0 Å². The molecule has 0 saturated carbocycles. The van der Waals surface area contributed by atoms with Gasteiger partial charge in [-0.2, -0.15) is 0 Å². The Kier molecular flexibility index (Phi) is 13.3. The monoisotopic (exact) mass is 579 g/mol. The summed E-state index contributed by atoms with van der Waals surface area (Å²) in [6.45, 7) is 19.7. The van der Waals surface area contributed by atoms with Gasteiger partial charge in [-0.3, -0.25) is 14.4 Å². The molecule has 5 unspecified atom stereocenters. The van der Waals surface area contributed by atoms with Crippen LogP contribution in [-0.4, -0.2) is 46.9 Å². The maximum Gasteiger partial charge on any atom is 0.509 e. The van der Waals surface area contributed by atoms with Crippen molar-refractivity contribution in [3.8, 4) is 11.5 Å². The molecule has 0 aliphatic heterocycles. The van der Waals surface area contributed by atoms with E-state index in [4.69, 9.17) is 24.7 Å². The Bertz CT molecular complexity index is 1070. The van der Waals surface area contributed by atoms with Gasteiger partial charge in [-0.25, -0.2) is 4.79 Å². The van der Waals surface area contributed by atoms with Crippen LogP contribution >= 0.6 is 0 Å². The van der Waals surface area contributed by atoms with E-state index in [0.717, 1.165) is 0 Å². The minimum absolute atomic E-state index is 0.0127. The maximum absolute atomic E-state index is 12.9. The molecule has 0 saturated heterocycles. The van der Waals surface area contributed by atoms with Gasteiger partial charge < -0.3 is 29.8 Å². The van der Waals surface area contributed by atoms with Gasteiger partial charge in [0.1, 0.15) is 17.7 Å². The molecule has 0 fully saturated rings. The number of ether oxygens (including phenoxy) is 4. The molecule has 1 rings (SSSR count). The number of hydrogen-bond acceptors (Lipinski definition) is 9. The van der Waals surface area contributed by atoms with E-state index in [9.17, 15) is 24.3 Å². The Balaban J connectivity index is 3.53. The number of benzene rings is 1. The molecule has 41 heavy (non-hydrogen) atoms. The summed E-state index contributed by atoms with van der Waals surface area (Å²) in [6.07, 6.45) is -1.10. The number of carbonyl (C=O) groups is 4. The van der Waals surface area contributed by atoms with Gasteiger partial charge in [0.2, 0.25) is 0 Å². The van der Waals surface area contributed by atoms with Gasteiger partial charge in [-0.05, 0) is 56.7 Å². The lowest BCUT2D eigenvalue weighted by Gasteiger charge is -2.32. The summed E-state index contributed by atoms with van der Waals surface area (Å²) in [5, 5.41) is 9.83. The number of carboxylic acid groups (broad SMARTS) is 1. The second kappa shape index (κ2) is 15.2. The molecule has 1 aromatic rings. The first kappa shape index (κ1) is 35.9. The Morgan fingerprint density at radius 3 is 1.78 bits per heavy atom. The fourth-order valence-electron chi connectivity index (χ4n) is 3.71. The van der Waals surface area contributed by atoms with E-state index in [2.05, 4.69) is 0 Å². The van der Waals surface area contributed by atoms with Gasteiger partial charge in [0.05, 0.1) is 11.8 Å². The molecule has 10 nitrogen and oxygen atoms in total. The van der Waals surface area contributed by atoms with Crippen molar-refractivity contribution in [2.75, 3.05) is 0 Å². The van der Waals surface area contributed by atoms with Crippen LogP contribution in [0.1, 0.15) is 94.1 Å². The second-order valence-electron chi connectivity index (χ2n) is 12.2. The highest BCUT2D eigenvalue weighted by molar-refractivity contribution is 5.79. The lowest BCUT2D eigenvalue weighted by Crippen LogP contribution is -2.43. The topological polar surface area (TPSA) is 151 Å². The van der Waals surface area contributed by atoms with Crippen LogP contribution in [0.4, 0.5) is 4.79 Å². The molecular weight excluding hydrogens is 530 g/mol. The van der Waals surface area contributed by atoms with Gasteiger partial charge in [0.15, 0.2) is 11.5 Å². The van der Waals surface area contributed by atoms with Crippen molar-refractivity contribution in [1.82, 2.24) is 0 Å². The maximum atomic E-state index is 12.9. The zero-order valence-corrected chi connectivity index (χ0v) is 26.3. The van der Waals surface area contributed by atoms with E-state index in [1.807, 2.05) is 34.6 Å². The van der Waals surface area contributed by atoms with Gasteiger partial charge in [-0.1, -0.05) is 61.5 Å². The molecule has 0 amide bonds. The van der Waals surface area contributed by atoms with Crippen molar-refractivity contribution in [2.24, 2.45) is 35.3 Å². The minimum atomic E-state index is -1.40. The van der Waals surface area contributed by atoms with E-state index in [-0.39, 0.29) is 23.3 Å². The third-order valence-electron chi connectivity index (χ3n) is 7.99.